The van der Waals surface area contributed by atoms with Crippen molar-refractivity contribution in [1.82, 2.24) is 20.5 Å². The molecule has 94 valence electrons. The van der Waals surface area contributed by atoms with Crippen molar-refractivity contribution < 1.29 is 0 Å². The summed E-state index contributed by atoms with van der Waals surface area (Å²) in [5, 5.41) is 11.4. The Kier molecular flexibility index (Phi) is 3.30. The first kappa shape index (κ1) is 11.7. The molecule has 0 saturated carbocycles. The van der Waals surface area contributed by atoms with E-state index >= 15 is 0 Å². The monoisotopic (exact) mass is 262 g/mol. The molecule has 1 fully saturated rings. The lowest BCUT2D eigenvalue weighted by Gasteiger charge is -2.02. The van der Waals surface area contributed by atoms with Crippen LogP contribution in [0.25, 0.3) is 0 Å². The summed E-state index contributed by atoms with van der Waals surface area (Å²) in [5.74, 6) is 1.77. The van der Waals surface area contributed by atoms with Crippen LogP contribution in [0.5, 0.6) is 0 Å². The van der Waals surface area contributed by atoms with Crippen LogP contribution in [0.4, 0.5) is 0 Å². The molecule has 1 atom stereocenters. The molecule has 0 amide bonds. The maximum atomic E-state index is 5.96. The quantitative estimate of drug-likeness (QED) is 0.894. The van der Waals surface area contributed by atoms with E-state index in [0.29, 0.717) is 6.04 Å². The number of rotatable bonds is 3. The van der Waals surface area contributed by atoms with Crippen molar-refractivity contribution in [2.75, 3.05) is 6.54 Å². The number of hydrogen-bond donors (Lipinski definition) is 2. The summed E-state index contributed by atoms with van der Waals surface area (Å²) in [5.41, 5.74) is 1.14. The van der Waals surface area contributed by atoms with Gasteiger partial charge in [0.25, 0.3) is 0 Å². The summed E-state index contributed by atoms with van der Waals surface area (Å²) in [6.07, 6.45) is 3.05. The summed E-state index contributed by atoms with van der Waals surface area (Å²) in [7, 11) is 0. The molecule has 2 N–H and O–H groups in total. The SMILES string of the molecule is Clc1cccc(Cc2nc(C3CCCN3)n[nH]2)c1. The van der Waals surface area contributed by atoms with Gasteiger partial charge in [0.1, 0.15) is 5.82 Å². The van der Waals surface area contributed by atoms with Gasteiger partial charge in [-0.05, 0) is 37.1 Å². The number of H-pyrrole nitrogens is 1. The minimum atomic E-state index is 0.314. The molecule has 4 nitrogen and oxygen atoms in total. The van der Waals surface area contributed by atoms with Crippen LogP contribution in [0.1, 0.15) is 36.1 Å². The molecule has 5 heteroatoms. The number of hydrogen-bond acceptors (Lipinski definition) is 3. The zero-order valence-corrected chi connectivity index (χ0v) is 10.7. The molecule has 0 spiro atoms. The highest BCUT2D eigenvalue weighted by molar-refractivity contribution is 6.30. The Bertz CT molecular complexity index is 531. The van der Waals surface area contributed by atoms with Gasteiger partial charge in [0, 0.05) is 11.4 Å². The molecule has 1 unspecified atom stereocenters. The highest BCUT2D eigenvalue weighted by Gasteiger charge is 2.20. The Hall–Kier alpha value is -1.39. The first-order chi connectivity index (χ1) is 8.81. The van der Waals surface area contributed by atoms with Crippen LogP contribution in [0.3, 0.4) is 0 Å². The van der Waals surface area contributed by atoms with Crippen molar-refractivity contribution in [2.45, 2.75) is 25.3 Å². The molecule has 2 heterocycles. The predicted octanol–water partition coefficient (Wildman–Crippen LogP) is 2.47. The summed E-state index contributed by atoms with van der Waals surface area (Å²) < 4.78 is 0. The van der Waals surface area contributed by atoms with Gasteiger partial charge in [-0.15, -0.1) is 0 Å². The van der Waals surface area contributed by atoms with Gasteiger partial charge in [-0.1, -0.05) is 23.7 Å². The first-order valence-corrected chi connectivity index (χ1v) is 6.58. The van der Waals surface area contributed by atoms with E-state index in [0.717, 1.165) is 41.6 Å². The van der Waals surface area contributed by atoms with Gasteiger partial charge in [0.05, 0.1) is 6.04 Å². The minimum Gasteiger partial charge on any atom is -0.307 e. The third-order valence-electron chi connectivity index (χ3n) is 3.18. The third kappa shape index (κ3) is 2.54. The Labute approximate surface area is 111 Å². The van der Waals surface area contributed by atoms with Crippen molar-refractivity contribution in [3.05, 3.63) is 46.5 Å². The topological polar surface area (TPSA) is 53.6 Å². The van der Waals surface area contributed by atoms with E-state index in [4.69, 9.17) is 11.6 Å². The normalized spacial score (nSPS) is 19.3. The van der Waals surface area contributed by atoms with Crippen LogP contribution in [-0.2, 0) is 6.42 Å². The Morgan fingerprint density at radius 1 is 1.39 bits per heavy atom. The lowest BCUT2D eigenvalue weighted by atomic mass is 10.1. The lowest BCUT2D eigenvalue weighted by Crippen LogP contribution is -2.14. The zero-order valence-electron chi connectivity index (χ0n) is 9.99. The van der Waals surface area contributed by atoms with Crippen LogP contribution in [-0.4, -0.2) is 21.7 Å². The van der Waals surface area contributed by atoms with Gasteiger partial charge >= 0.3 is 0 Å². The van der Waals surface area contributed by atoms with Gasteiger partial charge in [0.15, 0.2) is 5.82 Å². The number of benzene rings is 1. The fourth-order valence-electron chi connectivity index (χ4n) is 2.29. The maximum absolute atomic E-state index is 5.96. The molecular formula is C13H15ClN4. The molecule has 18 heavy (non-hydrogen) atoms. The molecule has 0 radical (unpaired) electrons. The van der Waals surface area contributed by atoms with E-state index in [1.165, 1.54) is 6.42 Å². The van der Waals surface area contributed by atoms with Gasteiger partial charge in [-0.2, -0.15) is 5.10 Å². The minimum absolute atomic E-state index is 0.314. The van der Waals surface area contributed by atoms with Crippen molar-refractivity contribution in [3.63, 3.8) is 0 Å². The number of halogens is 1. The van der Waals surface area contributed by atoms with Crippen molar-refractivity contribution in [3.8, 4) is 0 Å². The lowest BCUT2D eigenvalue weighted by molar-refractivity contribution is 0.607. The second-order valence-corrected chi connectivity index (χ2v) is 5.03. The Morgan fingerprint density at radius 3 is 3.11 bits per heavy atom. The average Bonchev–Trinajstić information content (AvgIpc) is 2.98. The van der Waals surface area contributed by atoms with Crippen molar-refractivity contribution in [2.24, 2.45) is 0 Å². The van der Waals surface area contributed by atoms with Crippen molar-refractivity contribution >= 4 is 11.6 Å². The molecule has 2 aromatic rings. The molecule has 0 bridgehead atoms. The van der Waals surface area contributed by atoms with Crippen LogP contribution >= 0.6 is 11.6 Å². The van der Waals surface area contributed by atoms with E-state index in [2.05, 4.69) is 20.5 Å². The Balaban J connectivity index is 1.73. The molecule has 3 rings (SSSR count). The van der Waals surface area contributed by atoms with E-state index < -0.39 is 0 Å². The second-order valence-electron chi connectivity index (χ2n) is 4.60. The summed E-state index contributed by atoms with van der Waals surface area (Å²) in [4.78, 5) is 4.54. The molecule has 0 aliphatic carbocycles. The highest BCUT2D eigenvalue weighted by atomic mass is 35.5. The first-order valence-electron chi connectivity index (χ1n) is 6.20. The van der Waals surface area contributed by atoms with Crippen molar-refractivity contribution in [1.29, 1.82) is 0 Å². The van der Waals surface area contributed by atoms with E-state index in [1.54, 1.807) is 0 Å². The van der Waals surface area contributed by atoms with Gasteiger partial charge < -0.3 is 5.32 Å². The second kappa shape index (κ2) is 5.08. The number of aromatic amines is 1. The van der Waals surface area contributed by atoms with Crippen LogP contribution < -0.4 is 5.32 Å². The third-order valence-corrected chi connectivity index (χ3v) is 3.42. The number of aromatic nitrogens is 3. The van der Waals surface area contributed by atoms with Gasteiger partial charge in [0.2, 0.25) is 0 Å². The standard InChI is InChI=1S/C13H15ClN4/c14-10-4-1-3-9(7-10)8-12-16-13(18-17-12)11-5-2-6-15-11/h1,3-4,7,11,15H,2,5-6,8H2,(H,16,17,18). The molecule has 1 aromatic carbocycles. The molecule has 1 aliphatic heterocycles. The van der Waals surface area contributed by atoms with E-state index in [1.807, 2.05) is 24.3 Å². The maximum Gasteiger partial charge on any atom is 0.167 e. The molecular weight excluding hydrogens is 248 g/mol. The number of nitrogens with zero attached hydrogens (tertiary/aromatic N) is 2. The largest absolute Gasteiger partial charge is 0.307 e. The summed E-state index contributed by atoms with van der Waals surface area (Å²) >= 11 is 5.96. The van der Waals surface area contributed by atoms with Crippen LogP contribution in [0.15, 0.2) is 24.3 Å². The van der Waals surface area contributed by atoms with E-state index in [-0.39, 0.29) is 0 Å². The van der Waals surface area contributed by atoms with Gasteiger partial charge in [-0.3, -0.25) is 5.10 Å². The molecule has 1 saturated heterocycles. The summed E-state index contributed by atoms with van der Waals surface area (Å²) in [6.45, 7) is 1.06. The highest BCUT2D eigenvalue weighted by Crippen LogP contribution is 2.20. The Morgan fingerprint density at radius 2 is 2.33 bits per heavy atom. The predicted molar refractivity (Wildman–Crippen MR) is 70.6 cm³/mol. The fraction of sp³-hybridized carbons (Fsp3) is 0.385. The molecule has 1 aliphatic rings. The smallest absolute Gasteiger partial charge is 0.167 e. The average molecular weight is 263 g/mol. The number of nitrogens with one attached hydrogen (secondary N) is 2. The zero-order chi connectivity index (χ0) is 12.4. The van der Waals surface area contributed by atoms with E-state index in [9.17, 15) is 0 Å². The summed E-state index contributed by atoms with van der Waals surface area (Å²) in [6, 6.07) is 8.14. The molecule has 1 aromatic heterocycles. The van der Waals surface area contributed by atoms with Crippen LogP contribution in [0, 0.1) is 0 Å². The van der Waals surface area contributed by atoms with Gasteiger partial charge in [-0.25, -0.2) is 4.98 Å². The van der Waals surface area contributed by atoms with Crippen LogP contribution in [0.2, 0.25) is 5.02 Å². The fourth-order valence-corrected chi connectivity index (χ4v) is 2.50.